The number of allylic oxidation sites excluding steroid dienone is 5. The Balaban J connectivity index is 3.72. The average molecular weight is 648 g/mol. The number of unbranched alkanes of at least 4 members (excludes halogenated alkanes) is 22. The van der Waals surface area contributed by atoms with Gasteiger partial charge in [-0.25, -0.2) is 0 Å². The molecule has 0 aliphatic carbocycles. The van der Waals surface area contributed by atoms with Crippen LogP contribution in [0.1, 0.15) is 194 Å². The van der Waals surface area contributed by atoms with Gasteiger partial charge < -0.3 is 20.6 Å². The average Bonchev–Trinajstić information content (AvgIpc) is 3.05. The van der Waals surface area contributed by atoms with Crippen LogP contribution in [0.5, 0.6) is 0 Å². The molecule has 0 saturated carbocycles. The van der Waals surface area contributed by atoms with Gasteiger partial charge in [0.05, 0.1) is 31.3 Å². The van der Waals surface area contributed by atoms with Gasteiger partial charge in [-0.2, -0.15) is 0 Å². The summed E-state index contributed by atoms with van der Waals surface area (Å²) in [4.78, 5) is 12.4. The molecule has 5 nitrogen and oxygen atoms in total. The van der Waals surface area contributed by atoms with Gasteiger partial charge in [-0.3, -0.25) is 4.79 Å². The molecule has 0 aromatic rings. The van der Waals surface area contributed by atoms with Crippen molar-refractivity contribution in [3.8, 4) is 0 Å². The smallest absolute Gasteiger partial charge is 0.222 e. The molecule has 5 heteroatoms. The summed E-state index contributed by atoms with van der Waals surface area (Å²) in [5, 5.41) is 33.0. The lowest BCUT2D eigenvalue weighted by Crippen LogP contribution is -2.45. The molecular formula is C41H77NO4. The summed E-state index contributed by atoms with van der Waals surface area (Å²) >= 11 is 0. The van der Waals surface area contributed by atoms with E-state index in [0.717, 1.165) is 38.5 Å². The highest BCUT2D eigenvalue weighted by Gasteiger charge is 2.20. The molecule has 0 radical (unpaired) electrons. The number of carbonyl (C=O) groups is 1. The SMILES string of the molecule is CCCCC/C=C/CC/C=C/CC/C=C/C(O)C(CO)NC(=O)CC(O)CCCCCCCCCCCCCCCCCCCC. The third-order valence-electron chi connectivity index (χ3n) is 8.91. The van der Waals surface area contributed by atoms with Crippen LogP contribution in [0.25, 0.3) is 0 Å². The first-order valence-corrected chi connectivity index (χ1v) is 19.8. The van der Waals surface area contributed by atoms with E-state index in [9.17, 15) is 20.1 Å². The molecule has 3 atom stereocenters. The predicted molar refractivity (Wildman–Crippen MR) is 199 cm³/mol. The lowest BCUT2D eigenvalue weighted by atomic mass is 10.0. The van der Waals surface area contributed by atoms with Gasteiger partial charge in [-0.05, 0) is 44.9 Å². The minimum absolute atomic E-state index is 0.00458. The lowest BCUT2D eigenvalue weighted by molar-refractivity contribution is -0.124. The van der Waals surface area contributed by atoms with Crippen LogP contribution < -0.4 is 5.32 Å². The van der Waals surface area contributed by atoms with Gasteiger partial charge in [-0.15, -0.1) is 0 Å². The number of aliphatic hydroxyl groups excluding tert-OH is 3. The van der Waals surface area contributed by atoms with Crippen LogP contribution in [0.15, 0.2) is 36.5 Å². The lowest BCUT2D eigenvalue weighted by Gasteiger charge is -2.21. The molecule has 0 rings (SSSR count). The van der Waals surface area contributed by atoms with Crippen molar-refractivity contribution < 1.29 is 20.1 Å². The monoisotopic (exact) mass is 648 g/mol. The normalized spacial score (nSPS) is 14.1. The highest BCUT2D eigenvalue weighted by molar-refractivity contribution is 5.76. The van der Waals surface area contributed by atoms with Crippen molar-refractivity contribution in [1.82, 2.24) is 5.32 Å². The summed E-state index contributed by atoms with van der Waals surface area (Å²) in [7, 11) is 0. The Bertz CT molecular complexity index is 719. The zero-order valence-corrected chi connectivity index (χ0v) is 30.5. The maximum Gasteiger partial charge on any atom is 0.222 e. The van der Waals surface area contributed by atoms with Crippen molar-refractivity contribution >= 4 is 5.91 Å². The number of aliphatic hydroxyl groups is 3. The first-order chi connectivity index (χ1) is 22.5. The molecule has 0 spiro atoms. The van der Waals surface area contributed by atoms with E-state index in [1.807, 2.05) is 6.08 Å². The molecule has 4 N–H and O–H groups in total. The number of nitrogens with one attached hydrogen (secondary N) is 1. The van der Waals surface area contributed by atoms with Crippen LogP contribution in [0.2, 0.25) is 0 Å². The Kier molecular flexibility index (Phi) is 35.3. The minimum atomic E-state index is -0.956. The Morgan fingerprint density at radius 1 is 0.543 bits per heavy atom. The Morgan fingerprint density at radius 3 is 1.39 bits per heavy atom. The van der Waals surface area contributed by atoms with Crippen molar-refractivity contribution in [3.05, 3.63) is 36.5 Å². The zero-order valence-electron chi connectivity index (χ0n) is 30.5. The first-order valence-electron chi connectivity index (χ1n) is 19.8. The molecule has 0 bridgehead atoms. The molecule has 0 saturated heterocycles. The van der Waals surface area contributed by atoms with Crippen molar-refractivity contribution in [3.63, 3.8) is 0 Å². The molecule has 270 valence electrons. The summed E-state index contributed by atoms with van der Waals surface area (Å²) in [6.45, 7) is 4.16. The largest absolute Gasteiger partial charge is 0.394 e. The minimum Gasteiger partial charge on any atom is -0.394 e. The third-order valence-corrected chi connectivity index (χ3v) is 8.91. The van der Waals surface area contributed by atoms with Gasteiger partial charge in [0, 0.05) is 0 Å². The van der Waals surface area contributed by atoms with Crippen LogP contribution in [0.3, 0.4) is 0 Å². The fourth-order valence-corrected chi connectivity index (χ4v) is 5.84. The third kappa shape index (κ3) is 32.5. The maximum absolute atomic E-state index is 12.4. The fourth-order valence-electron chi connectivity index (χ4n) is 5.84. The fraction of sp³-hybridized carbons (Fsp3) is 0.829. The number of carbonyl (C=O) groups excluding carboxylic acids is 1. The summed E-state index contributed by atoms with van der Waals surface area (Å²) in [6, 6.07) is -0.763. The Labute approximate surface area is 285 Å². The van der Waals surface area contributed by atoms with Gasteiger partial charge in [0.25, 0.3) is 0 Å². The quantitative estimate of drug-likeness (QED) is 0.0407. The Hall–Kier alpha value is -1.43. The van der Waals surface area contributed by atoms with Crippen LogP contribution in [0.4, 0.5) is 0 Å². The van der Waals surface area contributed by atoms with Crippen molar-refractivity contribution in [2.24, 2.45) is 0 Å². The van der Waals surface area contributed by atoms with Gasteiger partial charge in [-0.1, -0.05) is 179 Å². The highest BCUT2D eigenvalue weighted by Crippen LogP contribution is 2.15. The van der Waals surface area contributed by atoms with Crippen molar-refractivity contribution in [2.45, 2.75) is 212 Å². The summed E-state index contributed by atoms with van der Waals surface area (Å²) in [5.74, 6) is -0.330. The van der Waals surface area contributed by atoms with Gasteiger partial charge in [0.1, 0.15) is 0 Å². The molecule has 0 heterocycles. The van der Waals surface area contributed by atoms with Crippen LogP contribution in [0, 0.1) is 0 Å². The van der Waals surface area contributed by atoms with E-state index in [1.165, 1.54) is 128 Å². The second kappa shape index (κ2) is 36.4. The number of rotatable bonds is 35. The highest BCUT2D eigenvalue weighted by atomic mass is 16.3. The number of hydrogen-bond acceptors (Lipinski definition) is 4. The zero-order chi connectivity index (χ0) is 33.8. The van der Waals surface area contributed by atoms with E-state index < -0.39 is 18.2 Å². The molecule has 46 heavy (non-hydrogen) atoms. The van der Waals surface area contributed by atoms with E-state index in [1.54, 1.807) is 6.08 Å². The van der Waals surface area contributed by atoms with E-state index in [4.69, 9.17) is 0 Å². The second-order valence-electron chi connectivity index (χ2n) is 13.5. The molecule has 0 aromatic heterocycles. The van der Waals surface area contributed by atoms with E-state index >= 15 is 0 Å². The molecule has 1 amide bonds. The molecule has 0 aliphatic rings. The standard InChI is InChI=1S/C41H77NO4/c1-3-5-7-9-11-13-15-17-18-19-20-21-23-24-26-28-30-32-34-38(44)36-41(46)42-39(37-43)40(45)35-33-31-29-27-25-22-16-14-12-10-8-6-4-2/h12,14,25,27,33,35,38-40,43-45H,3-11,13,15-24,26,28-32,34,36-37H2,1-2H3,(H,42,46)/b14-12+,27-25+,35-33+. The van der Waals surface area contributed by atoms with Gasteiger partial charge >= 0.3 is 0 Å². The summed E-state index contributed by atoms with van der Waals surface area (Å²) < 4.78 is 0. The van der Waals surface area contributed by atoms with Crippen LogP contribution in [-0.2, 0) is 4.79 Å². The van der Waals surface area contributed by atoms with Crippen LogP contribution in [-0.4, -0.2) is 46.1 Å². The summed E-state index contributed by atoms with van der Waals surface area (Å²) in [5.41, 5.74) is 0. The van der Waals surface area contributed by atoms with Crippen molar-refractivity contribution in [2.75, 3.05) is 6.61 Å². The van der Waals surface area contributed by atoms with E-state index in [-0.39, 0.29) is 18.9 Å². The summed E-state index contributed by atoms with van der Waals surface area (Å²) in [6.07, 6.45) is 44.2. The van der Waals surface area contributed by atoms with E-state index in [2.05, 4.69) is 43.5 Å². The number of hydrogen-bond donors (Lipinski definition) is 4. The maximum atomic E-state index is 12.4. The first kappa shape index (κ1) is 44.6. The molecule has 0 aliphatic heterocycles. The molecule has 0 aromatic carbocycles. The predicted octanol–water partition coefficient (Wildman–Crippen LogP) is 10.8. The van der Waals surface area contributed by atoms with Gasteiger partial charge in [0.2, 0.25) is 5.91 Å². The topological polar surface area (TPSA) is 89.8 Å². The van der Waals surface area contributed by atoms with Gasteiger partial charge in [0.15, 0.2) is 0 Å². The van der Waals surface area contributed by atoms with Crippen LogP contribution >= 0.6 is 0 Å². The second-order valence-corrected chi connectivity index (χ2v) is 13.5. The Morgan fingerprint density at radius 2 is 0.935 bits per heavy atom. The molecule has 0 fully saturated rings. The van der Waals surface area contributed by atoms with E-state index in [0.29, 0.717) is 6.42 Å². The number of amides is 1. The molecular weight excluding hydrogens is 570 g/mol. The molecule has 3 unspecified atom stereocenters. The van der Waals surface area contributed by atoms with Crippen molar-refractivity contribution in [1.29, 1.82) is 0 Å².